The van der Waals surface area contributed by atoms with E-state index in [1.165, 1.54) is 12.1 Å². The maximum absolute atomic E-state index is 12.3. The van der Waals surface area contributed by atoms with Gasteiger partial charge < -0.3 is 15.0 Å². The Labute approximate surface area is 136 Å². The van der Waals surface area contributed by atoms with Crippen LogP contribution in [0.3, 0.4) is 0 Å². The van der Waals surface area contributed by atoms with Gasteiger partial charge >= 0.3 is 6.03 Å². The third kappa shape index (κ3) is 4.66. The van der Waals surface area contributed by atoms with Crippen molar-refractivity contribution >= 4 is 16.1 Å². The van der Waals surface area contributed by atoms with Crippen LogP contribution in [0.5, 0.6) is 0 Å². The zero-order chi connectivity index (χ0) is 17.2. The number of nitrogens with one attached hydrogen (secondary N) is 1. The summed E-state index contributed by atoms with van der Waals surface area (Å²) in [5, 5.41) is 7.99. The van der Waals surface area contributed by atoms with Crippen LogP contribution in [0.25, 0.3) is 0 Å². The molecule has 2 amide bonds. The Morgan fingerprint density at radius 3 is 2.26 bits per heavy atom. The summed E-state index contributed by atoms with van der Waals surface area (Å²) in [6.07, 6.45) is 0.0164. The maximum Gasteiger partial charge on any atom is 0.318 e. The molecular weight excluding hydrogens is 318 g/mol. The zero-order valence-corrected chi connectivity index (χ0v) is 14.3. The number of sulfonamides is 1. The number of nitrogens with two attached hydrogens (primary N) is 1. The van der Waals surface area contributed by atoms with Crippen LogP contribution in [0.1, 0.15) is 32.4 Å². The van der Waals surface area contributed by atoms with Crippen LogP contribution in [-0.2, 0) is 14.8 Å². The molecular formula is C15H23N3O4S. The molecule has 0 aliphatic carbocycles. The minimum absolute atomic E-state index is 0.00819. The summed E-state index contributed by atoms with van der Waals surface area (Å²) >= 11 is 0. The molecule has 0 unspecified atom stereocenters. The van der Waals surface area contributed by atoms with Crippen LogP contribution in [0, 0.1) is 0 Å². The smallest absolute Gasteiger partial charge is 0.318 e. The van der Waals surface area contributed by atoms with E-state index in [1.54, 1.807) is 17.0 Å². The van der Waals surface area contributed by atoms with Gasteiger partial charge in [0.15, 0.2) is 0 Å². The predicted octanol–water partition coefficient (Wildman–Crippen LogP) is 1.21. The lowest BCUT2D eigenvalue weighted by molar-refractivity contribution is -0.0547. The van der Waals surface area contributed by atoms with E-state index in [0.29, 0.717) is 13.1 Å². The molecule has 7 nitrogen and oxygen atoms in total. The first-order chi connectivity index (χ1) is 10.7. The first-order valence-corrected chi connectivity index (χ1v) is 9.05. The average Bonchev–Trinajstić information content (AvgIpc) is 2.45. The number of morpholine rings is 1. The second-order valence-electron chi connectivity index (χ2n) is 5.95. The van der Waals surface area contributed by atoms with Crippen molar-refractivity contribution < 1.29 is 17.9 Å². The molecule has 0 radical (unpaired) electrons. The van der Waals surface area contributed by atoms with Gasteiger partial charge in [-0.05, 0) is 38.5 Å². The van der Waals surface area contributed by atoms with Crippen molar-refractivity contribution in [3.63, 3.8) is 0 Å². The summed E-state index contributed by atoms with van der Waals surface area (Å²) in [4.78, 5) is 14.1. The van der Waals surface area contributed by atoms with Crippen molar-refractivity contribution in [2.24, 2.45) is 5.14 Å². The van der Waals surface area contributed by atoms with Gasteiger partial charge in [0.1, 0.15) is 0 Å². The van der Waals surface area contributed by atoms with Crippen LogP contribution < -0.4 is 10.5 Å². The molecule has 1 aliphatic heterocycles. The number of rotatable bonds is 3. The summed E-state index contributed by atoms with van der Waals surface area (Å²) in [5.41, 5.74) is 0.806. The van der Waals surface area contributed by atoms with E-state index in [0.717, 1.165) is 5.56 Å². The summed E-state index contributed by atoms with van der Waals surface area (Å²) < 4.78 is 28.1. The van der Waals surface area contributed by atoms with Crippen LogP contribution in [0.2, 0.25) is 0 Å². The standard InChI is InChI=1S/C15H23N3O4S/c1-10-8-18(9-11(2)22-10)15(19)17-12(3)13-4-6-14(7-5-13)23(16,20)21/h4-7,10-12H,8-9H2,1-3H3,(H,17,19)(H2,16,20,21)/t10-,11+,12-/m1/s1. The van der Waals surface area contributed by atoms with Crippen LogP contribution in [0.15, 0.2) is 29.2 Å². The third-order valence-electron chi connectivity index (χ3n) is 3.76. The molecule has 0 spiro atoms. The number of hydrogen-bond donors (Lipinski definition) is 2. The summed E-state index contributed by atoms with van der Waals surface area (Å²) in [6.45, 7) is 6.81. The van der Waals surface area contributed by atoms with Gasteiger partial charge in [0.2, 0.25) is 10.0 Å². The lowest BCUT2D eigenvalue weighted by Gasteiger charge is -2.35. The maximum atomic E-state index is 12.3. The van der Waals surface area contributed by atoms with Gasteiger partial charge in [-0.2, -0.15) is 0 Å². The van der Waals surface area contributed by atoms with E-state index in [4.69, 9.17) is 9.88 Å². The van der Waals surface area contributed by atoms with Crippen molar-refractivity contribution in [1.82, 2.24) is 10.2 Å². The van der Waals surface area contributed by atoms with Crippen molar-refractivity contribution in [2.45, 2.75) is 43.9 Å². The van der Waals surface area contributed by atoms with E-state index in [-0.39, 0.29) is 29.2 Å². The Kier molecular flexibility index (Phi) is 5.28. The highest BCUT2D eigenvalue weighted by Crippen LogP contribution is 2.17. The van der Waals surface area contributed by atoms with Gasteiger partial charge in [-0.1, -0.05) is 12.1 Å². The molecule has 23 heavy (non-hydrogen) atoms. The van der Waals surface area contributed by atoms with Gasteiger partial charge in [-0.15, -0.1) is 0 Å². The molecule has 8 heteroatoms. The minimum Gasteiger partial charge on any atom is -0.372 e. The topological polar surface area (TPSA) is 102 Å². The fourth-order valence-corrected chi connectivity index (χ4v) is 3.17. The molecule has 0 aromatic heterocycles. The van der Waals surface area contributed by atoms with Gasteiger partial charge in [-0.25, -0.2) is 18.4 Å². The molecule has 1 heterocycles. The highest BCUT2D eigenvalue weighted by atomic mass is 32.2. The van der Waals surface area contributed by atoms with Crippen molar-refractivity contribution in [1.29, 1.82) is 0 Å². The average molecular weight is 341 g/mol. The van der Waals surface area contributed by atoms with Crippen LogP contribution >= 0.6 is 0 Å². The molecule has 2 rings (SSSR count). The number of amides is 2. The highest BCUT2D eigenvalue weighted by molar-refractivity contribution is 7.89. The van der Waals surface area contributed by atoms with Crippen molar-refractivity contribution in [2.75, 3.05) is 13.1 Å². The molecule has 1 fully saturated rings. The second kappa shape index (κ2) is 6.86. The Morgan fingerprint density at radius 2 is 1.78 bits per heavy atom. The first kappa shape index (κ1) is 17.7. The Bertz CT molecular complexity index is 650. The van der Waals surface area contributed by atoms with Crippen molar-refractivity contribution in [3.8, 4) is 0 Å². The molecule has 1 aromatic rings. The van der Waals surface area contributed by atoms with E-state index in [2.05, 4.69) is 5.32 Å². The first-order valence-electron chi connectivity index (χ1n) is 7.50. The number of nitrogens with zero attached hydrogens (tertiary/aromatic N) is 1. The molecule has 0 saturated carbocycles. The van der Waals surface area contributed by atoms with E-state index in [1.807, 2.05) is 20.8 Å². The molecule has 1 aromatic carbocycles. The number of carbonyl (C=O) groups is 1. The van der Waals surface area contributed by atoms with Gasteiger partial charge in [0.05, 0.1) is 23.1 Å². The SMILES string of the molecule is C[C@@H]1CN(C(=O)N[C@H](C)c2ccc(S(N)(=O)=O)cc2)C[C@H](C)O1. The quantitative estimate of drug-likeness (QED) is 0.863. The van der Waals surface area contributed by atoms with Gasteiger partial charge in [0.25, 0.3) is 0 Å². The number of primary sulfonamides is 1. The summed E-state index contributed by atoms with van der Waals surface area (Å²) in [5.74, 6) is 0. The number of hydrogen-bond acceptors (Lipinski definition) is 4. The van der Waals surface area contributed by atoms with E-state index < -0.39 is 10.0 Å². The van der Waals surface area contributed by atoms with Crippen LogP contribution in [0.4, 0.5) is 4.79 Å². The Balaban J connectivity index is 2.01. The largest absolute Gasteiger partial charge is 0.372 e. The number of urea groups is 1. The fourth-order valence-electron chi connectivity index (χ4n) is 2.65. The zero-order valence-electron chi connectivity index (χ0n) is 13.5. The fraction of sp³-hybridized carbons (Fsp3) is 0.533. The summed E-state index contributed by atoms with van der Waals surface area (Å²) in [6, 6.07) is 5.77. The molecule has 1 aliphatic rings. The van der Waals surface area contributed by atoms with E-state index >= 15 is 0 Å². The number of ether oxygens (including phenoxy) is 1. The monoisotopic (exact) mass is 341 g/mol. The summed E-state index contributed by atoms with van der Waals surface area (Å²) in [7, 11) is -3.71. The van der Waals surface area contributed by atoms with E-state index in [9.17, 15) is 13.2 Å². The molecule has 0 bridgehead atoms. The molecule has 1 saturated heterocycles. The molecule has 3 atom stereocenters. The highest BCUT2D eigenvalue weighted by Gasteiger charge is 2.26. The minimum atomic E-state index is -3.71. The van der Waals surface area contributed by atoms with Gasteiger partial charge in [0, 0.05) is 13.1 Å². The number of carbonyl (C=O) groups excluding carboxylic acids is 1. The normalized spacial score (nSPS) is 23.4. The van der Waals surface area contributed by atoms with Crippen molar-refractivity contribution in [3.05, 3.63) is 29.8 Å². The molecule has 128 valence electrons. The Hall–Kier alpha value is -1.64. The third-order valence-corrected chi connectivity index (χ3v) is 4.68. The lowest BCUT2D eigenvalue weighted by atomic mass is 10.1. The molecule has 3 N–H and O–H groups in total. The lowest BCUT2D eigenvalue weighted by Crippen LogP contribution is -2.52. The number of benzene rings is 1. The van der Waals surface area contributed by atoms with Gasteiger partial charge in [-0.3, -0.25) is 0 Å². The second-order valence-corrected chi connectivity index (χ2v) is 7.51. The van der Waals surface area contributed by atoms with Crippen LogP contribution in [-0.4, -0.2) is 44.6 Å². The predicted molar refractivity (Wildman–Crippen MR) is 86.3 cm³/mol. The Morgan fingerprint density at radius 1 is 1.26 bits per heavy atom.